The van der Waals surface area contributed by atoms with Gasteiger partial charge in [-0.2, -0.15) is 0 Å². The predicted molar refractivity (Wildman–Crippen MR) is 78.0 cm³/mol. The summed E-state index contributed by atoms with van der Waals surface area (Å²) in [5, 5.41) is 9.11. The lowest BCUT2D eigenvalue weighted by atomic mass is 9.77. The Kier molecular flexibility index (Phi) is 4.26. The first kappa shape index (κ1) is 14.8. The van der Waals surface area contributed by atoms with Crippen LogP contribution in [0.2, 0.25) is 0 Å². The summed E-state index contributed by atoms with van der Waals surface area (Å²) in [6, 6.07) is 5.87. The number of carboxylic acids is 1. The third-order valence-corrected chi connectivity index (χ3v) is 4.42. The quantitative estimate of drug-likeness (QED) is 0.828. The summed E-state index contributed by atoms with van der Waals surface area (Å²) in [7, 11) is 0. The number of carbonyl (C=O) groups is 2. The van der Waals surface area contributed by atoms with E-state index in [0.717, 1.165) is 42.4 Å². The van der Waals surface area contributed by atoms with Crippen molar-refractivity contribution < 1.29 is 14.7 Å². The molecular formula is C17H22O3. The number of carboxylic acid groups (broad SMARTS) is 1. The highest BCUT2D eigenvalue weighted by Crippen LogP contribution is 2.44. The average Bonchev–Trinajstić information content (AvgIpc) is 2.79. The highest BCUT2D eigenvalue weighted by Gasteiger charge is 2.38. The van der Waals surface area contributed by atoms with E-state index in [9.17, 15) is 9.59 Å². The first-order chi connectivity index (χ1) is 9.42. The van der Waals surface area contributed by atoms with Crippen molar-refractivity contribution in [2.75, 3.05) is 0 Å². The molecule has 1 saturated carbocycles. The number of benzene rings is 1. The minimum absolute atomic E-state index is 0.0920. The minimum atomic E-state index is -0.791. The topological polar surface area (TPSA) is 54.4 Å². The first-order valence-corrected chi connectivity index (χ1v) is 7.24. The minimum Gasteiger partial charge on any atom is -0.481 e. The Morgan fingerprint density at radius 1 is 1.15 bits per heavy atom. The second-order valence-electron chi connectivity index (χ2n) is 6.20. The van der Waals surface area contributed by atoms with Crippen molar-refractivity contribution in [1.82, 2.24) is 0 Å². The fourth-order valence-corrected chi connectivity index (χ4v) is 3.33. The molecule has 0 atom stereocenters. The Bertz CT molecular complexity index is 525. The normalized spacial score (nSPS) is 17.1. The Morgan fingerprint density at radius 3 is 2.40 bits per heavy atom. The van der Waals surface area contributed by atoms with Crippen LogP contribution >= 0.6 is 0 Å². The van der Waals surface area contributed by atoms with Crippen molar-refractivity contribution in [2.24, 2.45) is 5.41 Å². The van der Waals surface area contributed by atoms with Crippen molar-refractivity contribution in [1.29, 1.82) is 0 Å². The van der Waals surface area contributed by atoms with Gasteiger partial charge in [0.05, 0.1) is 6.42 Å². The molecule has 0 heterocycles. The fourth-order valence-electron chi connectivity index (χ4n) is 3.33. The molecule has 0 saturated heterocycles. The molecule has 0 spiro atoms. The molecule has 1 aromatic carbocycles. The van der Waals surface area contributed by atoms with Gasteiger partial charge in [0, 0.05) is 12.0 Å². The lowest BCUT2D eigenvalue weighted by Crippen LogP contribution is -2.25. The standard InChI is InChI=1S/C17H22O3/c1-12-5-6-13(2)14(9-12)15(18)10-17(11-16(19)20)7-3-4-8-17/h5-6,9H,3-4,7-8,10-11H2,1-2H3,(H,19,20). The van der Waals surface area contributed by atoms with Crippen LogP contribution < -0.4 is 0 Å². The predicted octanol–water partition coefficient (Wildman–Crippen LogP) is 3.91. The van der Waals surface area contributed by atoms with Crippen LogP contribution in [0.4, 0.5) is 0 Å². The van der Waals surface area contributed by atoms with Crippen LogP contribution in [-0.2, 0) is 4.79 Å². The molecule has 1 N–H and O–H groups in total. The van der Waals surface area contributed by atoms with Crippen LogP contribution in [0.1, 0.15) is 60.0 Å². The van der Waals surface area contributed by atoms with E-state index in [1.54, 1.807) is 0 Å². The molecule has 1 aliphatic carbocycles. The first-order valence-electron chi connectivity index (χ1n) is 7.24. The van der Waals surface area contributed by atoms with Crippen molar-refractivity contribution >= 4 is 11.8 Å². The van der Waals surface area contributed by atoms with Gasteiger partial charge in [0.1, 0.15) is 0 Å². The van der Waals surface area contributed by atoms with E-state index in [0.29, 0.717) is 6.42 Å². The van der Waals surface area contributed by atoms with Crippen LogP contribution in [0.15, 0.2) is 18.2 Å². The largest absolute Gasteiger partial charge is 0.481 e. The molecule has 0 aromatic heterocycles. The molecule has 0 radical (unpaired) electrons. The molecule has 0 bridgehead atoms. The SMILES string of the molecule is Cc1ccc(C)c(C(=O)CC2(CC(=O)O)CCCC2)c1. The van der Waals surface area contributed by atoms with Gasteiger partial charge in [-0.15, -0.1) is 0 Å². The number of aliphatic carboxylic acids is 1. The van der Waals surface area contributed by atoms with Crippen molar-refractivity contribution in [2.45, 2.75) is 52.4 Å². The molecule has 20 heavy (non-hydrogen) atoms. The monoisotopic (exact) mass is 274 g/mol. The number of aryl methyl sites for hydroxylation is 2. The van der Waals surface area contributed by atoms with Crippen LogP contribution in [0.5, 0.6) is 0 Å². The van der Waals surface area contributed by atoms with E-state index in [4.69, 9.17) is 5.11 Å². The number of carbonyl (C=O) groups excluding carboxylic acids is 1. The lowest BCUT2D eigenvalue weighted by Gasteiger charge is -2.26. The van der Waals surface area contributed by atoms with Gasteiger partial charge in [-0.3, -0.25) is 9.59 Å². The zero-order chi connectivity index (χ0) is 14.8. The van der Waals surface area contributed by atoms with E-state index in [1.807, 2.05) is 32.0 Å². The molecule has 1 fully saturated rings. The third-order valence-electron chi connectivity index (χ3n) is 4.42. The molecule has 3 nitrogen and oxygen atoms in total. The molecule has 0 unspecified atom stereocenters. The Balaban J connectivity index is 2.20. The molecule has 1 aromatic rings. The van der Waals surface area contributed by atoms with Crippen molar-refractivity contribution in [3.05, 3.63) is 34.9 Å². The van der Waals surface area contributed by atoms with Gasteiger partial charge in [-0.05, 0) is 43.7 Å². The maximum atomic E-state index is 12.6. The summed E-state index contributed by atoms with van der Waals surface area (Å²) in [5.41, 5.74) is 2.47. The zero-order valence-electron chi connectivity index (χ0n) is 12.2. The maximum absolute atomic E-state index is 12.6. The second-order valence-corrected chi connectivity index (χ2v) is 6.20. The summed E-state index contributed by atoms with van der Waals surface area (Å²) < 4.78 is 0. The lowest BCUT2D eigenvalue weighted by molar-refractivity contribution is -0.139. The molecule has 108 valence electrons. The Hall–Kier alpha value is -1.64. The fraction of sp³-hybridized carbons (Fsp3) is 0.529. The average molecular weight is 274 g/mol. The van der Waals surface area contributed by atoms with Gasteiger partial charge in [-0.1, -0.05) is 30.5 Å². The summed E-state index contributed by atoms with van der Waals surface area (Å²) >= 11 is 0. The molecule has 1 aliphatic rings. The van der Waals surface area contributed by atoms with E-state index in [2.05, 4.69) is 0 Å². The number of hydrogen-bond acceptors (Lipinski definition) is 2. The smallest absolute Gasteiger partial charge is 0.303 e. The Morgan fingerprint density at radius 2 is 1.80 bits per heavy atom. The summed E-state index contributed by atoms with van der Waals surface area (Å²) in [4.78, 5) is 23.7. The molecule has 2 rings (SSSR count). The van der Waals surface area contributed by atoms with Gasteiger partial charge in [0.2, 0.25) is 0 Å². The zero-order valence-corrected chi connectivity index (χ0v) is 12.2. The second kappa shape index (κ2) is 5.78. The van der Waals surface area contributed by atoms with E-state index in [-0.39, 0.29) is 17.6 Å². The van der Waals surface area contributed by atoms with E-state index < -0.39 is 5.97 Å². The van der Waals surface area contributed by atoms with Crippen LogP contribution in [0.3, 0.4) is 0 Å². The highest BCUT2D eigenvalue weighted by molar-refractivity contribution is 5.98. The summed E-state index contributed by atoms with van der Waals surface area (Å²) in [6.45, 7) is 3.91. The highest BCUT2D eigenvalue weighted by atomic mass is 16.4. The van der Waals surface area contributed by atoms with Crippen LogP contribution in [0.25, 0.3) is 0 Å². The molecule has 0 aliphatic heterocycles. The number of Topliss-reactive ketones (excluding diaryl/α,β-unsaturated/α-hetero) is 1. The third kappa shape index (κ3) is 3.27. The van der Waals surface area contributed by atoms with Gasteiger partial charge >= 0.3 is 5.97 Å². The van der Waals surface area contributed by atoms with E-state index in [1.165, 1.54) is 0 Å². The Labute approximate surface area is 120 Å². The van der Waals surface area contributed by atoms with Crippen LogP contribution in [0, 0.1) is 19.3 Å². The van der Waals surface area contributed by atoms with Crippen molar-refractivity contribution in [3.63, 3.8) is 0 Å². The number of ketones is 1. The molecule has 0 amide bonds. The number of hydrogen-bond donors (Lipinski definition) is 1. The summed E-state index contributed by atoms with van der Waals surface area (Å²) in [6.07, 6.45) is 4.26. The van der Waals surface area contributed by atoms with Gasteiger partial charge in [0.15, 0.2) is 5.78 Å². The van der Waals surface area contributed by atoms with Gasteiger partial charge < -0.3 is 5.11 Å². The number of rotatable bonds is 5. The molecular weight excluding hydrogens is 252 g/mol. The summed E-state index contributed by atoms with van der Waals surface area (Å²) in [5.74, 6) is -0.699. The van der Waals surface area contributed by atoms with Gasteiger partial charge in [-0.25, -0.2) is 0 Å². The van der Waals surface area contributed by atoms with E-state index >= 15 is 0 Å². The van der Waals surface area contributed by atoms with Crippen molar-refractivity contribution in [3.8, 4) is 0 Å². The maximum Gasteiger partial charge on any atom is 0.303 e. The molecule has 3 heteroatoms. The van der Waals surface area contributed by atoms with Gasteiger partial charge in [0.25, 0.3) is 0 Å². The van der Waals surface area contributed by atoms with Crippen LogP contribution in [-0.4, -0.2) is 16.9 Å².